The Labute approximate surface area is 125 Å². The zero-order chi connectivity index (χ0) is 12.8. The lowest BCUT2D eigenvalue weighted by atomic mass is 10.1. The van der Waals surface area contributed by atoms with Gasteiger partial charge in [0.05, 0.1) is 0 Å². The molecule has 4 heteroatoms. The van der Waals surface area contributed by atoms with Gasteiger partial charge in [-0.3, -0.25) is 4.79 Å². The van der Waals surface area contributed by atoms with Crippen molar-refractivity contribution in [2.24, 2.45) is 0 Å². The fourth-order valence-electron chi connectivity index (χ4n) is 1.58. The van der Waals surface area contributed by atoms with Crippen LogP contribution in [0.5, 0.6) is 0 Å². The van der Waals surface area contributed by atoms with E-state index in [4.69, 9.17) is 0 Å². The standard InChI is InChI=1S/C13H17BrINO/c1-10(2)16(9-3-8-14)13(17)11-4-6-12(15)7-5-11/h4-7,10H,3,8-9H2,1-2H3. The Kier molecular flexibility index (Phi) is 6.48. The fourth-order valence-corrected chi connectivity index (χ4v) is 2.19. The van der Waals surface area contributed by atoms with Crippen molar-refractivity contribution in [3.63, 3.8) is 0 Å². The minimum absolute atomic E-state index is 0.123. The van der Waals surface area contributed by atoms with Crippen molar-refractivity contribution in [3.05, 3.63) is 33.4 Å². The van der Waals surface area contributed by atoms with Crippen LogP contribution in [0.3, 0.4) is 0 Å². The Morgan fingerprint density at radius 2 is 1.94 bits per heavy atom. The number of carbonyl (C=O) groups excluding carboxylic acids is 1. The normalized spacial score (nSPS) is 10.6. The number of halogens is 2. The van der Waals surface area contributed by atoms with Crippen molar-refractivity contribution in [2.45, 2.75) is 26.3 Å². The predicted octanol–water partition coefficient (Wildman–Crippen LogP) is 3.93. The van der Waals surface area contributed by atoms with Gasteiger partial charge in [-0.2, -0.15) is 0 Å². The summed E-state index contributed by atoms with van der Waals surface area (Å²) in [5.74, 6) is 0.123. The summed E-state index contributed by atoms with van der Waals surface area (Å²) in [7, 11) is 0. The Morgan fingerprint density at radius 1 is 1.35 bits per heavy atom. The molecule has 0 heterocycles. The van der Waals surface area contributed by atoms with Crippen LogP contribution in [-0.2, 0) is 0 Å². The summed E-state index contributed by atoms with van der Waals surface area (Å²) in [6.45, 7) is 4.91. The molecule has 1 rings (SSSR count). The molecule has 0 bridgehead atoms. The van der Waals surface area contributed by atoms with Crippen molar-refractivity contribution < 1.29 is 4.79 Å². The van der Waals surface area contributed by atoms with Crippen LogP contribution in [-0.4, -0.2) is 28.7 Å². The second-order valence-corrected chi connectivity index (χ2v) is 6.18. The molecule has 1 aromatic carbocycles. The lowest BCUT2D eigenvalue weighted by Gasteiger charge is -2.26. The molecule has 1 amide bonds. The molecule has 0 saturated carbocycles. The molecule has 1 aromatic rings. The average molecular weight is 410 g/mol. The zero-order valence-electron chi connectivity index (χ0n) is 10.1. The van der Waals surface area contributed by atoms with Crippen molar-refractivity contribution in [1.82, 2.24) is 4.90 Å². The second kappa shape index (κ2) is 7.36. The lowest BCUT2D eigenvalue weighted by Crippen LogP contribution is -2.37. The molecule has 2 nitrogen and oxygen atoms in total. The van der Waals surface area contributed by atoms with Crippen LogP contribution in [0.25, 0.3) is 0 Å². The van der Waals surface area contributed by atoms with Gasteiger partial charge >= 0.3 is 0 Å². The molecule has 0 aliphatic heterocycles. The third-order valence-corrected chi connectivity index (χ3v) is 3.79. The maximum Gasteiger partial charge on any atom is 0.254 e. The minimum atomic E-state index is 0.123. The molecule has 0 radical (unpaired) electrons. The first-order valence-electron chi connectivity index (χ1n) is 5.68. The molecule has 0 N–H and O–H groups in total. The number of hydrogen-bond acceptors (Lipinski definition) is 1. The van der Waals surface area contributed by atoms with E-state index >= 15 is 0 Å². The van der Waals surface area contributed by atoms with Gasteiger partial charge in [0.25, 0.3) is 5.91 Å². The first kappa shape index (κ1) is 15.0. The number of benzene rings is 1. The van der Waals surface area contributed by atoms with Crippen LogP contribution in [0.1, 0.15) is 30.6 Å². The molecule has 94 valence electrons. The zero-order valence-corrected chi connectivity index (χ0v) is 13.9. The number of rotatable bonds is 5. The van der Waals surface area contributed by atoms with E-state index in [1.165, 1.54) is 0 Å². The van der Waals surface area contributed by atoms with Crippen LogP contribution < -0.4 is 0 Å². The van der Waals surface area contributed by atoms with Crippen molar-refractivity contribution >= 4 is 44.4 Å². The van der Waals surface area contributed by atoms with Crippen LogP contribution in [0.4, 0.5) is 0 Å². The van der Waals surface area contributed by atoms with Gasteiger partial charge in [0.2, 0.25) is 0 Å². The molecule has 0 spiro atoms. The average Bonchev–Trinajstić information content (AvgIpc) is 2.29. The van der Waals surface area contributed by atoms with Crippen LogP contribution in [0.2, 0.25) is 0 Å². The lowest BCUT2D eigenvalue weighted by molar-refractivity contribution is 0.0706. The summed E-state index contributed by atoms with van der Waals surface area (Å²) in [5.41, 5.74) is 0.772. The molecular formula is C13H17BrINO. The van der Waals surface area contributed by atoms with Gasteiger partial charge in [-0.1, -0.05) is 15.9 Å². The molecule has 0 aliphatic carbocycles. The summed E-state index contributed by atoms with van der Waals surface area (Å²) in [6, 6.07) is 7.97. The SMILES string of the molecule is CC(C)N(CCCBr)C(=O)c1ccc(I)cc1. The van der Waals surface area contributed by atoms with Gasteiger partial charge in [-0.15, -0.1) is 0 Å². The maximum absolute atomic E-state index is 12.3. The number of carbonyl (C=O) groups is 1. The van der Waals surface area contributed by atoms with Crippen molar-refractivity contribution in [1.29, 1.82) is 0 Å². The smallest absolute Gasteiger partial charge is 0.254 e. The van der Waals surface area contributed by atoms with Crippen LogP contribution in [0, 0.1) is 3.57 Å². The largest absolute Gasteiger partial charge is 0.336 e. The van der Waals surface area contributed by atoms with Gasteiger partial charge in [0.1, 0.15) is 0 Å². The highest BCUT2D eigenvalue weighted by molar-refractivity contribution is 14.1. The Morgan fingerprint density at radius 3 is 2.41 bits per heavy atom. The van der Waals surface area contributed by atoms with E-state index in [9.17, 15) is 4.79 Å². The quantitative estimate of drug-likeness (QED) is 0.533. The molecule has 17 heavy (non-hydrogen) atoms. The Balaban J connectivity index is 2.80. The molecule has 0 atom stereocenters. The van der Waals surface area contributed by atoms with Gasteiger partial charge in [-0.05, 0) is 67.1 Å². The van der Waals surface area contributed by atoms with Gasteiger partial charge < -0.3 is 4.90 Å². The first-order chi connectivity index (χ1) is 8.06. The number of amides is 1. The number of alkyl halides is 1. The monoisotopic (exact) mass is 409 g/mol. The molecule has 0 aliphatic rings. The molecule has 0 fully saturated rings. The van der Waals surface area contributed by atoms with Gasteiger partial charge in [0, 0.05) is 27.1 Å². The predicted molar refractivity (Wildman–Crippen MR) is 83.7 cm³/mol. The highest BCUT2D eigenvalue weighted by Crippen LogP contribution is 2.12. The van der Waals surface area contributed by atoms with E-state index in [-0.39, 0.29) is 11.9 Å². The van der Waals surface area contributed by atoms with Crippen molar-refractivity contribution in [2.75, 3.05) is 11.9 Å². The van der Waals surface area contributed by atoms with E-state index in [2.05, 4.69) is 52.4 Å². The second-order valence-electron chi connectivity index (χ2n) is 4.14. The van der Waals surface area contributed by atoms with E-state index in [0.717, 1.165) is 27.4 Å². The topological polar surface area (TPSA) is 20.3 Å². The molecule has 0 saturated heterocycles. The highest BCUT2D eigenvalue weighted by atomic mass is 127. The Bertz CT molecular complexity index is 364. The summed E-state index contributed by atoms with van der Waals surface area (Å²) in [4.78, 5) is 14.2. The van der Waals surface area contributed by atoms with E-state index in [1.54, 1.807) is 0 Å². The van der Waals surface area contributed by atoms with Crippen LogP contribution >= 0.6 is 38.5 Å². The van der Waals surface area contributed by atoms with Gasteiger partial charge in [0.15, 0.2) is 0 Å². The van der Waals surface area contributed by atoms with Gasteiger partial charge in [-0.25, -0.2) is 0 Å². The number of nitrogens with zero attached hydrogens (tertiary/aromatic N) is 1. The minimum Gasteiger partial charge on any atom is -0.336 e. The Hall–Kier alpha value is -0.100. The van der Waals surface area contributed by atoms with E-state index in [0.29, 0.717) is 0 Å². The summed E-state index contributed by atoms with van der Waals surface area (Å²) in [5, 5.41) is 0.927. The maximum atomic E-state index is 12.3. The third-order valence-electron chi connectivity index (χ3n) is 2.51. The summed E-state index contributed by atoms with van der Waals surface area (Å²) < 4.78 is 1.15. The van der Waals surface area contributed by atoms with Crippen molar-refractivity contribution in [3.8, 4) is 0 Å². The highest BCUT2D eigenvalue weighted by Gasteiger charge is 2.17. The molecular weight excluding hydrogens is 393 g/mol. The third kappa shape index (κ3) is 4.58. The van der Waals surface area contributed by atoms with E-state index < -0.39 is 0 Å². The fraction of sp³-hybridized carbons (Fsp3) is 0.462. The molecule has 0 unspecified atom stereocenters. The molecule has 0 aromatic heterocycles. The van der Waals surface area contributed by atoms with E-state index in [1.807, 2.05) is 29.2 Å². The number of hydrogen-bond donors (Lipinski definition) is 0. The van der Waals surface area contributed by atoms with Crippen LogP contribution in [0.15, 0.2) is 24.3 Å². The summed E-state index contributed by atoms with van der Waals surface area (Å²) in [6.07, 6.45) is 0.980. The first-order valence-corrected chi connectivity index (χ1v) is 7.88. The summed E-state index contributed by atoms with van der Waals surface area (Å²) >= 11 is 5.65.